The van der Waals surface area contributed by atoms with Gasteiger partial charge >= 0.3 is 67.3 Å². The first kappa shape index (κ1) is 29.2. The SMILES string of the molecule is CCCCC(CC)C(=O)[O-].CCCCCC(=O)[O-].[Ca+2].[NaH]. The van der Waals surface area contributed by atoms with E-state index in [4.69, 9.17) is 0 Å². The number of unbranched alkanes of at least 4 members (excludes halogenated alkanes) is 3. The number of aliphatic carboxylic acids is 2. The van der Waals surface area contributed by atoms with Gasteiger partial charge in [-0.05, 0) is 31.6 Å². The molecule has 0 radical (unpaired) electrons. The number of carbonyl (C=O) groups excluding carboxylic acids is 2. The summed E-state index contributed by atoms with van der Waals surface area (Å²) in [5, 5.41) is 20.1. The van der Waals surface area contributed by atoms with Gasteiger partial charge in [-0.25, -0.2) is 0 Å². The van der Waals surface area contributed by atoms with Gasteiger partial charge in [0, 0.05) is 11.9 Å². The van der Waals surface area contributed by atoms with E-state index in [-0.39, 0.29) is 79.6 Å². The second-order valence-electron chi connectivity index (χ2n) is 4.40. The van der Waals surface area contributed by atoms with Crippen molar-refractivity contribution in [3.63, 3.8) is 0 Å². The fourth-order valence-electron chi connectivity index (χ4n) is 1.46. The molecular weight excluding hydrogens is 295 g/mol. The molecule has 20 heavy (non-hydrogen) atoms. The Bertz CT molecular complexity index is 225. The standard InChI is InChI=1S/C8H16O2.C6H12O2.Ca.Na.H/c1-3-5-6-7(4-2)8(9)10;1-2-3-4-5-6(7)8;;;/h7H,3-6H2,1-2H3,(H,9,10);2-5H2,1H3,(H,7,8);;;/q;;+2;;/p-2. The maximum absolute atomic E-state index is 10.3. The van der Waals surface area contributed by atoms with Crippen molar-refractivity contribution in [3.8, 4) is 0 Å². The molecule has 0 bridgehead atoms. The zero-order chi connectivity index (χ0) is 14.4. The number of hydrogen-bond donors (Lipinski definition) is 0. The minimum absolute atomic E-state index is 0. The van der Waals surface area contributed by atoms with Gasteiger partial charge in [0.05, 0.1) is 0 Å². The predicted octanol–water partition coefficient (Wildman–Crippen LogP) is 0.240. The van der Waals surface area contributed by atoms with Gasteiger partial charge in [0.25, 0.3) is 0 Å². The molecule has 0 saturated heterocycles. The molecule has 0 aliphatic rings. The van der Waals surface area contributed by atoms with Crippen LogP contribution >= 0.6 is 0 Å². The molecule has 4 nitrogen and oxygen atoms in total. The van der Waals surface area contributed by atoms with Gasteiger partial charge in [-0.1, -0.05) is 46.5 Å². The van der Waals surface area contributed by atoms with E-state index in [1.165, 1.54) is 0 Å². The zero-order valence-corrected chi connectivity index (χ0v) is 14.8. The third-order valence-corrected chi connectivity index (χ3v) is 2.72. The molecule has 0 amide bonds. The van der Waals surface area contributed by atoms with Gasteiger partial charge in [-0.15, -0.1) is 0 Å². The van der Waals surface area contributed by atoms with Crippen molar-refractivity contribution >= 4 is 79.2 Å². The zero-order valence-electron chi connectivity index (χ0n) is 12.6. The van der Waals surface area contributed by atoms with Crippen molar-refractivity contribution in [2.45, 2.75) is 72.1 Å². The molecule has 0 aromatic heterocycles. The van der Waals surface area contributed by atoms with Crippen LogP contribution in [0.4, 0.5) is 0 Å². The number of carboxylic acids is 2. The van der Waals surface area contributed by atoms with Crippen LogP contribution < -0.4 is 10.2 Å². The Hall–Kier alpha value is 1.20. The summed E-state index contributed by atoms with van der Waals surface area (Å²) < 4.78 is 0. The van der Waals surface area contributed by atoms with Gasteiger partial charge in [-0.2, -0.15) is 0 Å². The van der Waals surface area contributed by atoms with Crippen LogP contribution in [-0.4, -0.2) is 79.2 Å². The number of hydrogen-bond acceptors (Lipinski definition) is 4. The van der Waals surface area contributed by atoms with Gasteiger partial charge in [0.1, 0.15) is 0 Å². The van der Waals surface area contributed by atoms with E-state index in [0.29, 0.717) is 6.42 Å². The van der Waals surface area contributed by atoms with Gasteiger partial charge < -0.3 is 19.8 Å². The third kappa shape index (κ3) is 24.2. The van der Waals surface area contributed by atoms with E-state index in [2.05, 4.69) is 6.92 Å². The Morgan fingerprint density at radius 1 is 0.950 bits per heavy atom. The van der Waals surface area contributed by atoms with Crippen LogP contribution in [0.25, 0.3) is 0 Å². The first-order valence-corrected chi connectivity index (χ1v) is 6.90. The van der Waals surface area contributed by atoms with E-state index >= 15 is 0 Å². The molecule has 0 heterocycles. The quantitative estimate of drug-likeness (QED) is 0.450. The fourth-order valence-corrected chi connectivity index (χ4v) is 1.46. The third-order valence-electron chi connectivity index (χ3n) is 2.72. The summed E-state index contributed by atoms with van der Waals surface area (Å²) in [6.07, 6.45) is 6.56. The predicted molar refractivity (Wildman–Crippen MR) is 80.4 cm³/mol. The van der Waals surface area contributed by atoms with Crippen LogP contribution in [-0.2, 0) is 9.59 Å². The van der Waals surface area contributed by atoms with Crippen molar-refractivity contribution in [1.29, 1.82) is 0 Å². The molecule has 6 heteroatoms. The van der Waals surface area contributed by atoms with Crippen LogP contribution in [0.5, 0.6) is 0 Å². The molecule has 0 spiro atoms. The molecule has 0 aromatic rings. The summed E-state index contributed by atoms with van der Waals surface area (Å²) in [6, 6.07) is 0. The summed E-state index contributed by atoms with van der Waals surface area (Å²) in [4.78, 5) is 20.1. The summed E-state index contributed by atoms with van der Waals surface area (Å²) in [5.74, 6) is -2.05. The van der Waals surface area contributed by atoms with Gasteiger partial charge in [0.15, 0.2) is 0 Å². The molecule has 110 valence electrons. The Kier molecular flexibility index (Phi) is 32.9. The summed E-state index contributed by atoms with van der Waals surface area (Å²) in [5.41, 5.74) is 0. The summed E-state index contributed by atoms with van der Waals surface area (Å²) in [7, 11) is 0. The van der Waals surface area contributed by atoms with Crippen molar-refractivity contribution in [2.24, 2.45) is 5.92 Å². The van der Waals surface area contributed by atoms with Crippen molar-refractivity contribution in [1.82, 2.24) is 0 Å². The molecule has 0 aliphatic heterocycles. The Balaban J connectivity index is -0.000000119. The molecule has 0 saturated carbocycles. The first-order valence-electron chi connectivity index (χ1n) is 6.90. The molecule has 0 rings (SSSR count). The second kappa shape index (κ2) is 22.5. The molecule has 0 aromatic carbocycles. The molecule has 0 aliphatic carbocycles. The molecule has 1 unspecified atom stereocenters. The van der Waals surface area contributed by atoms with Crippen LogP contribution in [0.3, 0.4) is 0 Å². The van der Waals surface area contributed by atoms with Crippen LogP contribution in [0.1, 0.15) is 72.1 Å². The van der Waals surface area contributed by atoms with E-state index in [9.17, 15) is 19.8 Å². The molecule has 1 atom stereocenters. The average Bonchev–Trinajstić information content (AvgIpc) is 2.30. The van der Waals surface area contributed by atoms with Crippen LogP contribution in [0.15, 0.2) is 0 Å². The molecular formula is C14H27CaNaO4. The normalized spacial score (nSPS) is 10.2. The van der Waals surface area contributed by atoms with Crippen LogP contribution in [0.2, 0.25) is 0 Å². The second-order valence-corrected chi connectivity index (χ2v) is 4.40. The van der Waals surface area contributed by atoms with E-state index in [1.54, 1.807) is 0 Å². The molecule has 0 fully saturated rings. The average molecular weight is 322 g/mol. The Morgan fingerprint density at radius 3 is 1.75 bits per heavy atom. The van der Waals surface area contributed by atoms with Crippen LogP contribution in [0, 0.1) is 5.92 Å². The van der Waals surface area contributed by atoms with E-state index < -0.39 is 11.9 Å². The van der Waals surface area contributed by atoms with Gasteiger partial charge in [-0.3, -0.25) is 0 Å². The van der Waals surface area contributed by atoms with E-state index in [0.717, 1.165) is 38.5 Å². The van der Waals surface area contributed by atoms with Gasteiger partial charge in [0.2, 0.25) is 0 Å². The van der Waals surface area contributed by atoms with Crippen molar-refractivity contribution in [2.75, 3.05) is 0 Å². The first-order chi connectivity index (χ1) is 8.49. The van der Waals surface area contributed by atoms with Crippen molar-refractivity contribution in [3.05, 3.63) is 0 Å². The topological polar surface area (TPSA) is 80.3 Å². The van der Waals surface area contributed by atoms with E-state index in [1.807, 2.05) is 13.8 Å². The Labute approximate surface area is 175 Å². The number of carboxylic acid groups (broad SMARTS) is 2. The van der Waals surface area contributed by atoms with Crippen molar-refractivity contribution < 1.29 is 19.8 Å². The fraction of sp³-hybridized carbons (Fsp3) is 0.857. The summed E-state index contributed by atoms with van der Waals surface area (Å²) in [6.45, 7) is 5.98. The monoisotopic (exact) mass is 322 g/mol. The maximum atomic E-state index is 10.3. The number of rotatable bonds is 9. The minimum atomic E-state index is -0.932. The number of carbonyl (C=O) groups is 2. The summed E-state index contributed by atoms with van der Waals surface area (Å²) >= 11 is 0. The molecule has 0 N–H and O–H groups in total. The Morgan fingerprint density at radius 2 is 1.45 bits per heavy atom.